The van der Waals surface area contributed by atoms with E-state index in [1.54, 1.807) is 36.7 Å². The molecule has 0 aliphatic heterocycles. The van der Waals surface area contributed by atoms with Crippen LogP contribution in [0.3, 0.4) is 0 Å². The number of benzene rings is 2. The number of anilines is 1. The molecule has 1 unspecified atom stereocenters. The molecule has 6 nitrogen and oxygen atoms in total. The predicted octanol–water partition coefficient (Wildman–Crippen LogP) is 4.31. The average molecular weight is 416 g/mol. The van der Waals surface area contributed by atoms with Crippen LogP contribution in [-0.4, -0.2) is 22.7 Å². The first-order chi connectivity index (χ1) is 14.0. The Bertz CT molecular complexity index is 952. The summed E-state index contributed by atoms with van der Waals surface area (Å²) in [5, 5.41) is 15.3. The van der Waals surface area contributed by atoms with Crippen LogP contribution < -0.4 is 15.4 Å². The van der Waals surface area contributed by atoms with Gasteiger partial charge in [-0.2, -0.15) is 0 Å². The minimum atomic E-state index is -1.27. The fourth-order valence-electron chi connectivity index (χ4n) is 2.61. The van der Waals surface area contributed by atoms with Crippen molar-refractivity contribution in [1.29, 1.82) is 0 Å². The van der Waals surface area contributed by atoms with Crippen molar-refractivity contribution in [3.8, 4) is 5.75 Å². The fraction of sp³-hybridized carbons (Fsp3) is 0.143. The molecule has 3 rings (SSSR count). The van der Waals surface area contributed by atoms with E-state index in [0.717, 1.165) is 5.56 Å². The lowest BCUT2D eigenvalue weighted by Crippen LogP contribution is -2.32. The van der Waals surface area contributed by atoms with Gasteiger partial charge in [0.15, 0.2) is 0 Å². The van der Waals surface area contributed by atoms with Crippen LogP contribution in [0.25, 0.3) is 0 Å². The van der Waals surface area contributed by atoms with E-state index in [0.29, 0.717) is 18.0 Å². The number of aromatic nitrogens is 1. The summed E-state index contributed by atoms with van der Waals surface area (Å²) in [6.07, 6.45) is 2.12. The van der Waals surface area contributed by atoms with Gasteiger partial charge >= 0.3 is 6.03 Å². The van der Waals surface area contributed by atoms with Gasteiger partial charge in [0.2, 0.25) is 0 Å². The highest BCUT2D eigenvalue weighted by atomic mass is 35.5. The van der Waals surface area contributed by atoms with Crippen molar-refractivity contribution in [3.63, 3.8) is 0 Å². The van der Waals surface area contributed by atoms with Gasteiger partial charge in [0, 0.05) is 46.8 Å². The number of aliphatic hydroxyl groups is 1. The first kappa shape index (κ1) is 20.6. The van der Waals surface area contributed by atoms with Crippen molar-refractivity contribution >= 4 is 23.3 Å². The number of nitrogens with zero attached hydrogens (tertiary/aromatic N) is 1. The van der Waals surface area contributed by atoms with Crippen LogP contribution in [0.2, 0.25) is 5.02 Å². The van der Waals surface area contributed by atoms with E-state index in [-0.39, 0.29) is 17.1 Å². The van der Waals surface area contributed by atoms with Crippen molar-refractivity contribution in [2.75, 3.05) is 11.9 Å². The number of hydrogen-bond acceptors (Lipinski definition) is 4. The molecule has 0 radical (unpaired) electrons. The average Bonchev–Trinajstić information content (AvgIpc) is 2.72. The number of halogens is 2. The van der Waals surface area contributed by atoms with Gasteiger partial charge in [-0.25, -0.2) is 9.18 Å². The second-order valence-electron chi connectivity index (χ2n) is 6.16. The summed E-state index contributed by atoms with van der Waals surface area (Å²) in [5.74, 6) is -0.0597. The quantitative estimate of drug-likeness (QED) is 0.537. The van der Waals surface area contributed by atoms with Gasteiger partial charge in [0.25, 0.3) is 0 Å². The standard InChI is InChI=1S/C21H19ClFN3O3/c22-17-7-2-8-18(23)20(17)19(27)12-25-21(28)26-15-5-1-6-16(10-15)29-13-14-4-3-9-24-11-14/h1-11,19,27H,12-13H2,(H2,25,26,28). The smallest absolute Gasteiger partial charge is 0.319 e. The van der Waals surface area contributed by atoms with E-state index in [1.165, 1.54) is 18.2 Å². The highest BCUT2D eigenvalue weighted by Crippen LogP contribution is 2.25. The summed E-state index contributed by atoms with van der Waals surface area (Å²) >= 11 is 5.91. The lowest BCUT2D eigenvalue weighted by molar-refractivity contribution is 0.171. The Kier molecular flexibility index (Phi) is 6.99. The molecule has 150 valence electrons. The van der Waals surface area contributed by atoms with Gasteiger partial charge in [-0.15, -0.1) is 0 Å². The zero-order valence-electron chi connectivity index (χ0n) is 15.3. The third-order valence-corrected chi connectivity index (χ3v) is 4.34. The zero-order valence-corrected chi connectivity index (χ0v) is 16.1. The number of rotatable bonds is 7. The molecule has 1 atom stereocenters. The van der Waals surface area contributed by atoms with Gasteiger partial charge in [-0.1, -0.05) is 29.8 Å². The molecule has 0 fully saturated rings. The molecule has 0 saturated heterocycles. The summed E-state index contributed by atoms with van der Waals surface area (Å²) in [5.41, 5.74) is 1.37. The van der Waals surface area contributed by atoms with E-state index in [2.05, 4.69) is 15.6 Å². The van der Waals surface area contributed by atoms with E-state index in [4.69, 9.17) is 16.3 Å². The molecule has 1 aromatic heterocycles. The van der Waals surface area contributed by atoms with E-state index in [1.807, 2.05) is 12.1 Å². The minimum Gasteiger partial charge on any atom is -0.489 e. The minimum absolute atomic E-state index is 0.0553. The lowest BCUT2D eigenvalue weighted by atomic mass is 10.1. The molecular formula is C21H19ClFN3O3. The monoisotopic (exact) mass is 415 g/mol. The number of nitrogens with one attached hydrogen (secondary N) is 2. The molecule has 0 aliphatic rings. The summed E-state index contributed by atoms with van der Waals surface area (Å²) in [7, 11) is 0. The molecule has 8 heteroatoms. The molecule has 0 spiro atoms. The predicted molar refractivity (Wildman–Crippen MR) is 108 cm³/mol. The Morgan fingerprint density at radius 1 is 1.21 bits per heavy atom. The van der Waals surface area contributed by atoms with E-state index >= 15 is 0 Å². The van der Waals surface area contributed by atoms with Crippen molar-refractivity contribution in [2.24, 2.45) is 0 Å². The SMILES string of the molecule is O=C(NCC(O)c1c(F)cccc1Cl)Nc1cccc(OCc2cccnc2)c1. The normalized spacial score (nSPS) is 11.6. The Labute approximate surface area is 172 Å². The van der Waals surface area contributed by atoms with Crippen LogP contribution >= 0.6 is 11.6 Å². The Balaban J connectivity index is 1.52. The summed E-state index contributed by atoms with van der Waals surface area (Å²) in [6.45, 7) is 0.142. The van der Waals surface area contributed by atoms with Crippen LogP contribution in [0.5, 0.6) is 5.75 Å². The molecule has 3 aromatic rings. The second kappa shape index (κ2) is 9.86. The number of pyridine rings is 1. The molecule has 3 N–H and O–H groups in total. The van der Waals surface area contributed by atoms with Crippen molar-refractivity contribution in [1.82, 2.24) is 10.3 Å². The lowest BCUT2D eigenvalue weighted by Gasteiger charge is -2.15. The van der Waals surface area contributed by atoms with Crippen molar-refractivity contribution in [2.45, 2.75) is 12.7 Å². The highest BCUT2D eigenvalue weighted by molar-refractivity contribution is 6.31. The first-order valence-electron chi connectivity index (χ1n) is 8.81. The molecule has 1 heterocycles. The number of aliphatic hydroxyl groups excluding tert-OH is 1. The third-order valence-electron chi connectivity index (χ3n) is 4.01. The highest BCUT2D eigenvalue weighted by Gasteiger charge is 2.17. The molecule has 2 aromatic carbocycles. The molecule has 2 amide bonds. The molecule has 0 saturated carbocycles. The van der Waals surface area contributed by atoms with Crippen molar-refractivity contribution < 1.29 is 19.0 Å². The molecular weight excluding hydrogens is 397 g/mol. The Morgan fingerprint density at radius 3 is 2.79 bits per heavy atom. The summed E-state index contributed by atoms with van der Waals surface area (Å²) < 4.78 is 19.5. The topological polar surface area (TPSA) is 83.5 Å². The maximum atomic E-state index is 13.8. The van der Waals surface area contributed by atoms with Crippen LogP contribution in [0, 0.1) is 5.82 Å². The van der Waals surface area contributed by atoms with Gasteiger partial charge in [0.05, 0.1) is 0 Å². The zero-order chi connectivity index (χ0) is 20.6. The third kappa shape index (κ3) is 5.91. The van der Waals surface area contributed by atoms with Crippen LogP contribution in [-0.2, 0) is 6.61 Å². The van der Waals surface area contributed by atoms with Gasteiger partial charge in [-0.05, 0) is 30.3 Å². The maximum Gasteiger partial charge on any atom is 0.319 e. The number of carbonyl (C=O) groups excluding carboxylic acids is 1. The number of ether oxygens (including phenoxy) is 1. The van der Waals surface area contributed by atoms with Gasteiger partial charge < -0.3 is 20.5 Å². The number of amides is 2. The number of urea groups is 1. The van der Waals surface area contributed by atoms with Gasteiger partial charge in [-0.3, -0.25) is 4.98 Å². The van der Waals surface area contributed by atoms with Crippen LogP contribution in [0.1, 0.15) is 17.2 Å². The summed E-state index contributed by atoms with van der Waals surface area (Å²) in [6, 6.07) is 14.1. The Morgan fingerprint density at radius 2 is 2.03 bits per heavy atom. The molecule has 29 heavy (non-hydrogen) atoms. The van der Waals surface area contributed by atoms with Crippen LogP contribution in [0.15, 0.2) is 67.0 Å². The summed E-state index contributed by atoms with van der Waals surface area (Å²) in [4.78, 5) is 16.1. The first-order valence-corrected chi connectivity index (χ1v) is 9.19. The van der Waals surface area contributed by atoms with Crippen LogP contribution in [0.4, 0.5) is 14.9 Å². The second-order valence-corrected chi connectivity index (χ2v) is 6.57. The van der Waals surface area contributed by atoms with Crippen molar-refractivity contribution in [3.05, 3.63) is 89.0 Å². The Hall–Kier alpha value is -3.16. The van der Waals surface area contributed by atoms with E-state index < -0.39 is 18.0 Å². The van der Waals surface area contributed by atoms with E-state index in [9.17, 15) is 14.3 Å². The number of hydrogen-bond donors (Lipinski definition) is 3. The molecule has 0 aliphatic carbocycles. The molecule has 0 bridgehead atoms. The maximum absolute atomic E-state index is 13.8. The number of carbonyl (C=O) groups is 1. The van der Waals surface area contributed by atoms with Gasteiger partial charge in [0.1, 0.15) is 24.3 Å². The fourth-order valence-corrected chi connectivity index (χ4v) is 2.90. The largest absolute Gasteiger partial charge is 0.489 e.